The standard InChI is InChI=1S/C9H5F4IO2/c1-4(15)6-2-5(16-9(11,12)13)3-7(14)8(6)10/h2-3H,1H3. The first kappa shape index (κ1) is 13.2. The van der Waals surface area contributed by atoms with Crippen LogP contribution in [-0.2, 0) is 0 Å². The van der Waals surface area contributed by atoms with Gasteiger partial charge in [-0.15, -0.1) is 13.2 Å². The number of benzene rings is 1. The average Bonchev–Trinajstić information content (AvgIpc) is 2.07. The summed E-state index contributed by atoms with van der Waals surface area (Å²) in [7, 11) is 0. The maximum atomic E-state index is 13.3. The van der Waals surface area contributed by atoms with Crippen LogP contribution in [0.3, 0.4) is 0 Å². The van der Waals surface area contributed by atoms with Gasteiger partial charge in [0.05, 0.1) is 9.13 Å². The Morgan fingerprint density at radius 2 is 1.94 bits per heavy atom. The summed E-state index contributed by atoms with van der Waals surface area (Å²) in [5.74, 6) is -2.12. The number of hydrogen-bond acceptors (Lipinski definition) is 2. The van der Waals surface area contributed by atoms with Crippen LogP contribution in [0.25, 0.3) is 0 Å². The molecular weight excluding hydrogens is 343 g/mol. The van der Waals surface area contributed by atoms with Gasteiger partial charge in [-0.3, -0.25) is 4.79 Å². The van der Waals surface area contributed by atoms with Crippen molar-refractivity contribution in [2.75, 3.05) is 0 Å². The highest BCUT2D eigenvalue weighted by Crippen LogP contribution is 2.28. The fourth-order valence-electron chi connectivity index (χ4n) is 1.01. The molecule has 0 aromatic heterocycles. The van der Waals surface area contributed by atoms with E-state index in [0.29, 0.717) is 0 Å². The van der Waals surface area contributed by atoms with E-state index in [-0.39, 0.29) is 3.57 Å². The summed E-state index contributed by atoms with van der Waals surface area (Å²) < 4.78 is 52.5. The van der Waals surface area contributed by atoms with Gasteiger partial charge in [-0.05, 0) is 41.6 Å². The molecule has 2 nitrogen and oxygen atoms in total. The summed E-state index contributed by atoms with van der Waals surface area (Å²) in [6, 6.07) is 1.60. The number of Topliss-reactive ketones (excluding diaryl/α,β-unsaturated/α-hetero) is 1. The van der Waals surface area contributed by atoms with E-state index in [4.69, 9.17) is 0 Å². The van der Waals surface area contributed by atoms with Gasteiger partial charge in [0.25, 0.3) is 0 Å². The molecule has 0 aliphatic rings. The Kier molecular flexibility index (Phi) is 3.76. The Morgan fingerprint density at radius 3 is 2.38 bits per heavy atom. The molecular formula is C9H5F4IO2. The summed E-state index contributed by atoms with van der Waals surface area (Å²) >= 11 is 1.49. The van der Waals surface area contributed by atoms with Crippen LogP contribution in [0.5, 0.6) is 5.75 Å². The van der Waals surface area contributed by atoms with Crippen LogP contribution >= 0.6 is 22.6 Å². The van der Waals surface area contributed by atoms with E-state index in [0.717, 1.165) is 19.1 Å². The third-order valence-electron chi connectivity index (χ3n) is 1.61. The third kappa shape index (κ3) is 3.32. The molecule has 16 heavy (non-hydrogen) atoms. The molecule has 1 aromatic rings. The quantitative estimate of drug-likeness (QED) is 0.464. The third-order valence-corrected chi connectivity index (χ3v) is 2.40. The van der Waals surface area contributed by atoms with Gasteiger partial charge >= 0.3 is 6.36 Å². The average molecular weight is 348 g/mol. The van der Waals surface area contributed by atoms with Crippen LogP contribution in [0.4, 0.5) is 17.6 Å². The van der Waals surface area contributed by atoms with Crippen LogP contribution in [0.2, 0.25) is 0 Å². The molecule has 0 saturated heterocycles. The number of rotatable bonds is 2. The minimum Gasteiger partial charge on any atom is -0.406 e. The highest BCUT2D eigenvalue weighted by molar-refractivity contribution is 14.1. The summed E-state index contributed by atoms with van der Waals surface area (Å²) in [4.78, 5) is 11.0. The Morgan fingerprint density at radius 1 is 1.38 bits per heavy atom. The molecule has 0 saturated carbocycles. The number of carbonyl (C=O) groups is 1. The molecule has 0 heterocycles. The van der Waals surface area contributed by atoms with Crippen LogP contribution in [0.1, 0.15) is 17.3 Å². The first-order valence-electron chi connectivity index (χ1n) is 3.96. The minimum absolute atomic E-state index is 0.107. The van der Waals surface area contributed by atoms with Crippen molar-refractivity contribution in [2.24, 2.45) is 0 Å². The van der Waals surface area contributed by atoms with Gasteiger partial charge in [-0.2, -0.15) is 0 Å². The molecule has 7 heteroatoms. The van der Waals surface area contributed by atoms with E-state index in [1.807, 2.05) is 0 Å². The number of ether oxygens (including phenoxy) is 1. The van der Waals surface area contributed by atoms with Crippen LogP contribution in [0.15, 0.2) is 12.1 Å². The molecule has 0 aliphatic carbocycles. The Balaban J connectivity index is 3.19. The van der Waals surface area contributed by atoms with Crippen molar-refractivity contribution < 1.29 is 27.1 Å². The van der Waals surface area contributed by atoms with E-state index in [9.17, 15) is 22.4 Å². The topological polar surface area (TPSA) is 26.3 Å². The lowest BCUT2D eigenvalue weighted by atomic mass is 10.1. The molecule has 88 valence electrons. The lowest BCUT2D eigenvalue weighted by Gasteiger charge is -2.10. The minimum atomic E-state index is -4.87. The molecule has 1 aromatic carbocycles. The van der Waals surface area contributed by atoms with Crippen molar-refractivity contribution in [3.8, 4) is 5.75 Å². The smallest absolute Gasteiger partial charge is 0.406 e. The van der Waals surface area contributed by atoms with Crippen molar-refractivity contribution >= 4 is 28.4 Å². The van der Waals surface area contributed by atoms with Gasteiger partial charge in [0.1, 0.15) is 11.6 Å². The largest absolute Gasteiger partial charge is 0.573 e. The number of hydrogen-bond donors (Lipinski definition) is 0. The van der Waals surface area contributed by atoms with Gasteiger partial charge in [0, 0.05) is 0 Å². The predicted molar refractivity (Wildman–Crippen MR) is 55.8 cm³/mol. The maximum Gasteiger partial charge on any atom is 0.573 e. The van der Waals surface area contributed by atoms with Crippen molar-refractivity contribution in [3.05, 3.63) is 27.1 Å². The normalized spacial score (nSPS) is 11.4. The zero-order valence-corrected chi connectivity index (χ0v) is 10.0. The zero-order valence-electron chi connectivity index (χ0n) is 7.86. The second-order valence-corrected chi connectivity index (χ2v) is 4.03. The van der Waals surface area contributed by atoms with Crippen molar-refractivity contribution in [3.63, 3.8) is 0 Å². The van der Waals surface area contributed by atoms with Gasteiger partial charge in [0.15, 0.2) is 5.78 Å². The van der Waals surface area contributed by atoms with Gasteiger partial charge < -0.3 is 4.74 Å². The highest BCUT2D eigenvalue weighted by Gasteiger charge is 2.31. The summed E-state index contributed by atoms with van der Waals surface area (Å²) in [5.41, 5.74) is -0.425. The molecule has 0 fully saturated rings. The Hall–Kier alpha value is -0.860. The molecule has 0 unspecified atom stereocenters. The monoisotopic (exact) mass is 348 g/mol. The van der Waals surface area contributed by atoms with E-state index < -0.39 is 29.3 Å². The summed E-state index contributed by atoms with van der Waals surface area (Å²) in [6.45, 7) is 1.06. The molecule has 0 atom stereocenters. The van der Waals surface area contributed by atoms with Gasteiger partial charge in [-0.1, -0.05) is 0 Å². The predicted octanol–water partition coefficient (Wildman–Crippen LogP) is 3.53. The number of ketones is 1. The molecule has 0 N–H and O–H groups in total. The fourth-order valence-corrected chi connectivity index (χ4v) is 1.61. The second kappa shape index (κ2) is 4.56. The number of halogens is 5. The second-order valence-electron chi connectivity index (χ2n) is 2.87. The first-order chi connectivity index (χ1) is 7.20. The van der Waals surface area contributed by atoms with Crippen molar-refractivity contribution in [1.29, 1.82) is 0 Å². The molecule has 0 radical (unpaired) electrons. The van der Waals surface area contributed by atoms with Crippen molar-refractivity contribution in [2.45, 2.75) is 13.3 Å². The van der Waals surface area contributed by atoms with E-state index in [1.54, 1.807) is 0 Å². The lowest BCUT2D eigenvalue weighted by Crippen LogP contribution is -2.17. The number of carbonyl (C=O) groups excluding carboxylic acids is 1. The summed E-state index contributed by atoms with van der Waals surface area (Å²) in [5, 5.41) is 0. The maximum absolute atomic E-state index is 13.3. The zero-order chi connectivity index (χ0) is 12.5. The van der Waals surface area contributed by atoms with E-state index >= 15 is 0 Å². The Bertz CT molecular complexity index is 428. The van der Waals surface area contributed by atoms with E-state index in [2.05, 4.69) is 4.74 Å². The molecule has 0 amide bonds. The first-order valence-corrected chi connectivity index (χ1v) is 5.04. The molecule has 1 rings (SSSR count). The highest BCUT2D eigenvalue weighted by atomic mass is 127. The van der Waals surface area contributed by atoms with Gasteiger partial charge in [0.2, 0.25) is 0 Å². The molecule has 0 bridgehead atoms. The van der Waals surface area contributed by atoms with Crippen LogP contribution < -0.4 is 4.74 Å². The SMILES string of the molecule is CC(=O)c1cc(OC(F)(F)F)cc(I)c1F. The fraction of sp³-hybridized carbons (Fsp3) is 0.222. The van der Waals surface area contributed by atoms with Gasteiger partial charge in [-0.25, -0.2) is 4.39 Å². The summed E-state index contributed by atoms with van der Waals surface area (Å²) in [6.07, 6.45) is -4.87. The van der Waals surface area contributed by atoms with E-state index in [1.165, 1.54) is 22.6 Å². The lowest BCUT2D eigenvalue weighted by molar-refractivity contribution is -0.274. The van der Waals surface area contributed by atoms with Crippen LogP contribution in [0, 0.1) is 9.39 Å². The molecule has 0 aliphatic heterocycles. The Labute approximate surface area is 102 Å². The number of alkyl halides is 3. The van der Waals surface area contributed by atoms with Crippen molar-refractivity contribution in [1.82, 2.24) is 0 Å². The van der Waals surface area contributed by atoms with Crippen LogP contribution in [-0.4, -0.2) is 12.1 Å². The molecule has 0 spiro atoms.